The SMILES string of the molecule is COC1C(OC(N)=O)CC[C@]23OC2C2(OC2CC=C(C)C)C13. The molecule has 0 bridgehead atoms. The van der Waals surface area contributed by atoms with Gasteiger partial charge < -0.3 is 24.7 Å². The minimum absolute atomic E-state index is 0.113. The topological polar surface area (TPSA) is 86.6 Å². The molecule has 2 aliphatic heterocycles. The first-order valence-corrected chi connectivity index (χ1v) is 7.93. The minimum atomic E-state index is -0.748. The number of hydrogen-bond donors (Lipinski definition) is 1. The van der Waals surface area contributed by atoms with Gasteiger partial charge in [0.15, 0.2) is 0 Å². The van der Waals surface area contributed by atoms with Crippen LogP contribution in [0, 0.1) is 5.92 Å². The van der Waals surface area contributed by atoms with Gasteiger partial charge in [-0.15, -0.1) is 0 Å². The summed E-state index contributed by atoms with van der Waals surface area (Å²) in [7, 11) is 1.65. The van der Waals surface area contributed by atoms with Crippen LogP contribution in [0.2, 0.25) is 0 Å². The number of hydrogen-bond acceptors (Lipinski definition) is 5. The Balaban J connectivity index is 1.53. The van der Waals surface area contributed by atoms with Crippen molar-refractivity contribution >= 4 is 6.09 Å². The van der Waals surface area contributed by atoms with Crippen LogP contribution in [0.15, 0.2) is 11.6 Å². The van der Waals surface area contributed by atoms with E-state index in [0.717, 1.165) is 19.3 Å². The van der Waals surface area contributed by atoms with Gasteiger partial charge in [0.05, 0.1) is 12.0 Å². The van der Waals surface area contributed by atoms with E-state index in [2.05, 4.69) is 19.9 Å². The van der Waals surface area contributed by atoms with Crippen molar-refractivity contribution in [3.05, 3.63) is 11.6 Å². The predicted octanol–water partition coefficient (Wildman–Crippen LogP) is 1.52. The summed E-state index contributed by atoms with van der Waals surface area (Å²) >= 11 is 0. The van der Waals surface area contributed by atoms with E-state index in [4.69, 9.17) is 24.7 Å². The molecule has 2 saturated heterocycles. The molecule has 2 N–H and O–H groups in total. The summed E-state index contributed by atoms with van der Waals surface area (Å²) in [5.74, 6) is 0.128. The molecule has 6 unspecified atom stereocenters. The number of carbonyl (C=O) groups excluding carboxylic acids is 1. The number of methoxy groups -OCH3 is 1. The lowest BCUT2D eigenvalue weighted by atomic mass is 9.55. The monoisotopic (exact) mass is 309 g/mol. The predicted molar refractivity (Wildman–Crippen MR) is 77.2 cm³/mol. The Morgan fingerprint density at radius 3 is 2.82 bits per heavy atom. The van der Waals surface area contributed by atoms with Gasteiger partial charge in [-0.25, -0.2) is 4.79 Å². The smallest absolute Gasteiger partial charge is 0.404 e. The van der Waals surface area contributed by atoms with E-state index in [1.807, 2.05) is 0 Å². The molecule has 4 fully saturated rings. The molecule has 2 saturated carbocycles. The van der Waals surface area contributed by atoms with Gasteiger partial charge in [0.25, 0.3) is 0 Å². The Labute approximate surface area is 129 Å². The molecule has 2 spiro atoms. The molecule has 0 aromatic heterocycles. The van der Waals surface area contributed by atoms with Gasteiger partial charge in [-0.05, 0) is 33.1 Å². The van der Waals surface area contributed by atoms with Crippen molar-refractivity contribution in [1.29, 1.82) is 0 Å². The highest BCUT2D eigenvalue weighted by molar-refractivity contribution is 5.65. The Hall–Kier alpha value is -1.11. The van der Waals surface area contributed by atoms with Gasteiger partial charge in [0, 0.05) is 7.11 Å². The summed E-state index contributed by atoms with van der Waals surface area (Å²) in [6, 6.07) is 0. The highest BCUT2D eigenvalue weighted by Crippen LogP contribution is 2.77. The van der Waals surface area contributed by atoms with Crippen LogP contribution in [0.5, 0.6) is 0 Å². The second-order valence-electron chi connectivity index (χ2n) is 7.12. The number of amides is 1. The summed E-state index contributed by atoms with van der Waals surface area (Å²) in [6.45, 7) is 4.17. The molecular formula is C16H23NO5. The summed E-state index contributed by atoms with van der Waals surface area (Å²) in [5, 5.41) is 0. The second kappa shape index (κ2) is 4.46. The van der Waals surface area contributed by atoms with Crippen molar-refractivity contribution in [3.63, 3.8) is 0 Å². The zero-order valence-corrected chi connectivity index (χ0v) is 13.2. The number of rotatable bonds is 4. The lowest BCUT2D eigenvalue weighted by Gasteiger charge is -2.48. The molecular weight excluding hydrogens is 286 g/mol. The van der Waals surface area contributed by atoms with E-state index < -0.39 is 6.09 Å². The van der Waals surface area contributed by atoms with E-state index in [-0.39, 0.29) is 41.5 Å². The van der Waals surface area contributed by atoms with Crippen LogP contribution in [0.4, 0.5) is 4.79 Å². The fourth-order valence-corrected chi connectivity index (χ4v) is 4.83. The van der Waals surface area contributed by atoms with Crippen LogP contribution in [-0.2, 0) is 18.9 Å². The maximum Gasteiger partial charge on any atom is 0.404 e. The quantitative estimate of drug-likeness (QED) is 0.628. The number of carbonyl (C=O) groups is 1. The molecule has 22 heavy (non-hydrogen) atoms. The number of fused-ring (bicyclic) bond motifs is 2. The van der Waals surface area contributed by atoms with Crippen LogP contribution in [0.1, 0.15) is 33.1 Å². The molecule has 7 atom stereocenters. The first kappa shape index (κ1) is 14.5. The third-order valence-electron chi connectivity index (χ3n) is 5.73. The molecule has 0 aromatic rings. The molecule has 6 heteroatoms. The highest BCUT2D eigenvalue weighted by atomic mass is 16.7. The molecule has 0 aromatic carbocycles. The van der Waals surface area contributed by atoms with Crippen molar-refractivity contribution < 1.29 is 23.7 Å². The first-order chi connectivity index (χ1) is 10.5. The van der Waals surface area contributed by atoms with E-state index in [9.17, 15) is 4.79 Å². The molecule has 122 valence electrons. The van der Waals surface area contributed by atoms with Gasteiger partial charge in [-0.1, -0.05) is 11.6 Å². The molecule has 0 radical (unpaired) electrons. The summed E-state index contributed by atoms with van der Waals surface area (Å²) in [5.41, 5.74) is 6.12. The Bertz CT molecular complexity index is 545. The van der Waals surface area contributed by atoms with E-state index in [0.29, 0.717) is 0 Å². The number of nitrogens with two attached hydrogens (primary N) is 1. The van der Waals surface area contributed by atoms with Crippen LogP contribution >= 0.6 is 0 Å². The van der Waals surface area contributed by atoms with Crippen LogP contribution in [0.25, 0.3) is 0 Å². The number of ether oxygens (including phenoxy) is 4. The zero-order chi connectivity index (χ0) is 15.7. The van der Waals surface area contributed by atoms with Gasteiger partial charge in [-0.3, -0.25) is 0 Å². The van der Waals surface area contributed by atoms with Crippen LogP contribution < -0.4 is 5.73 Å². The third kappa shape index (κ3) is 1.69. The average Bonchev–Trinajstić information content (AvgIpc) is 3.31. The van der Waals surface area contributed by atoms with Crippen molar-refractivity contribution in [1.82, 2.24) is 0 Å². The molecule has 6 nitrogen and oxygen atoms in total. The lowest BCUT2D eigenvalue weighted by Crippen LogP contribution is -2.66. The largest absolute Gasteiger partial charge is 0.444 e. The lowest BCUT2D eigenvalue weighted by molar-refractivity contribution is -0.132. The molecule has 2 heterocycles. The van der Waals surface area contributed by atoms with Crippen molar-refractivity contribution in [2.75, 3.05) is 7.11 Å². The van der Waals surface area contributed by atoms with Crippen LogP contribution in [-0.4, -0.2) is 48.8 Å². The van der Waals surface area contributed by atoms with E-state index in [1.165, 1.54) is 5.57 Å². The summed E-state index contributed by atoms with van der Waals surface area (Å²) in [6.07, 6.45) is 3.79. The average molecular weight is 309 g/mol. The van der Waals surface area contributed by atoms with Gasteiger partial charge >= 0.3 is 6.09 Å². The fraction of sp³-hybridized carbons (Fsp3) is 0.812. The second-order valence-corrected chi connectivity index (χ2v) is 7.12. The summed E-state index contributed by atoms with van der Waals surface area (Å²) < 4.78 is 23.0. The minimum Gasteiger partial charge on any atom is -0.444 e. The molecule has 4 rings (SSSR count). The zero-order valence-electron chi connectivity index (χ0n) is 13.2. The van der Waals surface area contributed by atoms with Crippen molar-refractivity contribution in [2.24, 2.45) is 11.7 Å². The normalized spacial score (nSPS) is 50.4. The van der Waals surface area contributed by atoms with Crippen molar-refractivity contribution in [3.8, 4) is 0 Å². The van der Waals surface area contributed by atoms with E-state index >= 15 is 0 Å². The first-order valence-electron chi connectivity index (χ1n) is 7.93. The highest BCUT2D eigenvalue weighted by Gasteiger charge is 2.94. The fourth-order valence-electron chi connectivity index (χ4n) is 4.83. The van der Waals surface area contributed by atoms with Gasteiger partial charge in [0.1, 0.15) is 29.5 Å². The van der Waals surface area contributed by atoms with Gasteiger partial charge in [-0.2, -0.15) is 0 Å². The molecule has 1 amide bonds. The number of epoxide rings is 2. The van der Waals surface area contributed by atoms with Gasteiger partial charge in [0.2, 0.25) is 0 Å². The van der Waals surface area contributed by atoms with E-state index in [1.54, 1.807) is 7.11 Å². The maximum atomic E-state index is 11.1. The third-order valence-corrected chi connectivity index (χ3v) is 5.73. The number of allylic oxidation sites excluding steroid dienone is 1. The molecule has 4 aliphatic rings. The Morgan fingerprint density at radius 1 is 1.41 bits per heavy atom. The molecule has 2 aliphatic carbocycles. The number of primary amides is 1. The van der Waals surface area contributed by atoms with Crippen molar-refractivity contribution in [2.45, 2.75) is 68.7 Å². The Morgan fingerprint density at radius 2 is 2.18 bits per heavy atom. The maximum absolute atomic E-state index is 11.1. The Kier molecular flexibility index (Phi) is 2.94. The summed E-state index contributed by atoms with van der Waals surface area (Å²) in [4.78, 5) is 11.1. The standard InChI is InChI=1S/C16H23NO5/c1-8(2)4-5-10-16(21-10)12-11(19-3)9(20-14(17)18)6-7-15(12)13(16)22-15/h4,9-13H,5-7H2,1-3H3,(H2,17,18)/t9?,10?,11?,12?,13?,15-,16?/m1/s1. The van der Waals surface area contributed by atoms with Crippen LogP contribution in [0.3, 0.4) is 0 Å².